The highest BCUT2D eigenvalue weighted by Gasteiger charge is 2.20. The van der Waals surface area contributed by atoms with E-state index in [1.54, 1.807) is 12.1 Å². The van der Waals surface area contributed by atoms with Crippen LogP contribution in [0.4, 0.5) is 5.69 Å². The highest BCUT2D eigenvalue weighted by molar-refractivity contribution is 5.85. The van der Waals surface area contributed by atoms with Gasteiger partial charge in [-0.15, -0.1) is 12.4 Å². The van der Waals surface area contributed by atoms with Gasteiger partial charge in [0.05, 0.1) is 12.0 Å². The summed E-state index contributed by atoms with van der Waals surface area (Å²) in [6.07, 6.45) is 0. The van der Waals surface area contributed by atoms with E-state index in [0.29, 0.717) is 11.8 Å². The van der Waals surface area contributed by atoms with Crippen LogP contribution >= 0.6 is 12.4 Å². The van der Waals surface area contributed by atoms with E-state index in [1.165, 1.54) is 7.11 Å². The molecule has 1 aromatic rings. The third-order valence-corrected chi connectivity index (χ3v) is 3.46. The normalized spacial score (nSPS) is 19.2. The molecule has 0 aliphatic carbocycles. The predicted molar refractivity (Wildman–Crippen MR) is 79.6 cm³/mol. The minimum Gasteiger partial charge on any atom is -0.490 e. The Labute approximate surface area is 124 Å². The van der Waals surface area contributed by atoms with Crippen molar-refractivity contribution in [2.45, 2.75) is 19.5 Å². The number of hydrogen-bond donors (Lipinski definition) is 1. The van der Waals surface area contributed by atoms with Gasteiger partial charge in [0, 0.05) is 38.3 Å². The first-order valence-electron chi connectivity index (χ1n) is 6.38. The van der Waals surface area contributed by atoms with Crippen molar-refractivity contribution in [3.63, 3.8) is 0 Å². The van der Waals surface area contributed by atoms with Gasteiger partial charge in [-0.2, -0.15) is 0 Å². The Morgan fingerprint density at radius 3 is 2.90 bits per heavy atom. The number of rotatable bonds is 4. The molecule has 1 atom stereocenters. The summed E-state index contributed by atoms with van der Waals surface area (Å²) in [7, 11) is 1.44. The maximum absolute atomic E-state index is 11.0. The number of hydrogen-bond acceptors (Lipinski definition) is 5. The van der Waals surface area contributed by atoms with Crippen LogP contribution in [0.5, 0.6) is 5.75 Å². The smallest absolute Gasteiger partial charge is 0.311 e. The van der Waals surface area contributed by atoms with Gasteiger partial charge in [0.25, 0.3) is 0 Å². The van der Waals surface area contributed by atoms with Gasteiger partial charge in [-0.1, -0.05) is 6.07 Å². The van der Waals surface area contributed by atoms with Crippen molar-refractivity contribution in [3.8, 4) is 5.75 Å². The molecule has 0 amide bonds. The summed E-state index contributed by atoms with van der Waals surface area (Å²) in [5.41, 5.74) is 0.976. The molecule has 112 valence electrons. The minimum absolute atomic E-state index is 0. The van der Waals surface area contributed by atoms with E-state index in [9.17, 15) is 10.1 Å². The number of nitrogens with one attached hydrogen (secondary N) is 1. The predicted octanol–water partition coefficient (Wildman–Crippen LogP) is 1.82. The van der Waals surface area contributed by atoms with Crippen LogP contribution in [0.15, 0.2) is 18.2 Å². The Balaban J connectivity index is 0.00000200. The van der Waals surface area contributed by atoms with Crippen LogP contribution in [-0.2, 0) is 6.54 Å². The van der Waals surface area contributed by atoms with Gasteiger partial charge in [0.15, 0.2) is 5.75 Å². The van der Waals surface area contributed by atoms with Crippen LogP contribution in [0.2, 0.25) is 0 Å². The fourth-order valence-electron chi connectivity index (χ4n) is 2.33. The molecule has 7 heteroatoms. The fraction of sp³-hybridized carbons (Fsp3) is 0.538. The Bertz CT molecular complexity index is 470. The highest BCUT2D eigenvalue weighted by Crippen LogP contribution is 2.28. The molecule has 1 aliphatic heterocycles. The number of methoxy groups -OCH3 is 1. The van der Waals surface area contributed by atoms with Crippen molar-refractivity contribution in [3.05, 3.63) is 33.9 Å². The summed E-state index contributed by atoms with van der Waals surface area (Å²) in [5.74, 6) is 0.308. The summed E-state index contributed by atoms with van der Waals surface area (Å²) in [4.78, 5) is 12.9. The van der Waals surface area contributed by atoms with Crippen molar-refractivity contribution >= 4 is 18.1 Å². The molecule has 0 unspecified atom stereocenters. The lowest BCUT2D eigenvalue weighted by atomic mass is 10.1. The Morgan fingerprint density at radius 1 is 1.55 bits per heavy atom. The largest absolute Gasteiger partial charge is 0.490 e. The van der Waals surface area contributed by atoms with Crippen LogP contribution in [0, 0.1) is 10.1 Å². The molecule has 0 saturated carbocycles. The maximum Gasteiger partial charge on any atom is 0.311 e. The first-order chi connectivity index (χ1) is 9.11. The second kappa shape index (κ2) is 7.42. The van der Waals surface area contributed by atoms with Gasteiger partial charge < -0.3 is 10.1 Å². The van der Waals surface area contributed by atoms with Crippen molar-refractivity contribution in [2.24, 2.45) is 0 Å². The number of nitro benzene ring substituents is 1. The molecule has 1 N–H and O–H groups in total. The summed E-state index contributed by atoms with van der Waals surface area (Å²) in [5, 5.41) is 14.3. The van der Waals surface area contributed by atoms with Gasteiger partial charge in [-0.05, 0) is 18.6 Å². The van der Waals surface area contributed by atoms with E-state index in [-0.39, 0.29) is 18.1 Å². The van der Waals surface area contributed by atoms with Crippen molar-refractivity contribution in [1.29, 1.82) is 0 Å². The molecular formula is C13H20ClN3O3. The number of nitro groups is 1. The van der Waals surface area contributed by atoms with E-state index in [1.807, 2.05) is 6.07 Å². The van der Waals surface area contributed by atoms with Crippen LogP contribution in [-0.4, -0.2) is 42.6 Å². The number of benzene rings is 1. The van der Waals surface area contributed by atoms with E-state index < -0.39 is 4.92 Å². The maximum atomic E-state index is 11.0. The third-order valence-electron chi connectivity index (χ3n) is 3.46. The standard InChI is InChI=1S/C13H19N3O3.ClH/c1-10-8-14-5-6-15(10)9-11-3-4-13(19-2)12(7-11)16(17)18;/h3-4,7,10,14H,5-6,8-9H2,1-2H3;1H/t10-;/m0./s1. The lowest BCUT2D eigenvalue weighted by Gasteiger charge is -2.33. The minimum atomic E-state index is -0.399. The second-order valence-corrected chi connectivity index (χ2v) is 4.79. The fourth-order valence-corrected chi connectivity index (χ4v) is 2.33. The third kappa shape index (κ3) is 3.82. The van der Waals surface area contributed by atoms with Crippen molar-refractivity contribution < 1.29 is 9.66 Å². The van der Waals surface area contributed by atoms with Gasteiger partial charge in [0.1, 0.15) is 0 Å². The molecule has 20 heavy (non-hydrogen) atoms. The van der Waals surface area contributed by atoms with Crippen molar-refractivity contribution in [1.82, 2.24) is 10.2 Å². The molecular weight excluding hydrogens is 282 g/mol. The van der Waals surface area contributed by atoms with Crippen LogP contribution in [0.25, 0.3) is 0 Å². The first-order valence-corrected chi connectivity index (χ1v) is 6.38. The Hall–Kier alpha value is -1.37. The molecule has 1 heterocycles. The second-order valence-electron chi connectivity index (χ2n) is 4.79. The molecule has 1 saturated heterocycles. The topological polar surface area (TPSA) is 67.6 Å². The van der Waals surface area contributed by atoms with Gasteiger partial charge >= 0.3 is 5.69 Å². The van der Waals surface area contributed by atoms with Crippen molar-refractivity contribution in [2.75, 3.05) is 26.7 Å². The Morgan fingerprint density at radius 2 is 2.30 bits per heavy atom. The molecule has 1 aliphatic rings. The zero-order valence-electron chi connectivity index (χ0n) is 11.7. The zero-order valence-corrected chi connectivity index (χ0v) is 12.5. The number of ether oxygens (including phenoxy) is 1. The van der Waals surface area contributed by atoms with Gasteiger partial charge in [-0.3, -0.25) is 15.0 Å². The van der Waals surface area contributed by atoms with E-state index in [2.05, 4.69) is 17.1 Å². The number of piperazine rings is 1. The lowest BCUT2D eigenvalue weighted by molar-refractivity contribution is -0.385. The molecule has 0 radical (unpaired) electrons. The quantitative estimate of drug-likeness (QED) is 0.679. The molecule has 0 aromatic heterocycles. The van der Waals surface area contributed by atoms with Crippen LogP contribution < -0.4 is 10.1 Å². The first kappa shape index (κ1) is 16.7. The summed E-state index contributed by atoms with van der Waals surface area (Å²) < 4.78 is 5.01. The van der Waals surface area contributed by atoms with Crippen LogP contribution in [0.1, 0.15) is 12.5 Å². The van der Waals surface area contributed by atoms with Gasteiger partial charge in [0.2, 0.25) is 0 Å². The van der Waals surface area contributed by atoms with Gasteiger partial charge in [-0.25, -0.2) is 0 Å². The molecule has 2 rings (SSSR count). The number of nitrogens with zero attached hydrogens (tertiary/aromatic N) is 2. The van der Waals surface area contributed by atoms with E-state index in [0.717, 1.165) is 31.7 Å². The molecule has 6 nitrogen and oxygen atoms in total. The summed E-state index contributed by atoms with van der Waals surface area (Å²) in [6, 6.07) is 5.60. The average Bonchev–Trinajstić information content (AvgIpc) is 2.41. The Kier molecular flexibility index (Phi) is 6.19. The molecule has 0 bridgehead atoms. The summed E-state index contributed by atoms with van der Waals surface area (Å²) in [6.45, 7) is 5.76. The molecule has 1 aromatic carbocycles. The highest BCUT2D eigenvalue weighted by atomic mass is 35.5. The van der Waals surface area contributed by atoms with E-state index in [4.69, 9.17) is 4.74 Å². The molecule has 0 spiro atoms. The SMILES string of the molecule is COc1ccc(CN2CCNC[C@@H]2C)cc1[N+](=O)[O-].Cl. The van der Waals surface area contributed by atoms with E-state index >= 15 is 0 Å². The van der Waals surface area contributed by atoms with Crippen LogP contribution in [0.3, 0.4) is 0 Å². The number of halogens is 1. The average molecular weight is 302 g/mol. The summed E-state index contributed by atoms with van der Waals surface area (Å²) >= 11 is 0. The zero-order chi connectivity index (χ0) is 13.8. The molecule has 1 fully saturated rings. The lowest BCUT2D eigenvalue weighted by Crippen LogP contribution is -2.49. The monoisotopic (exact) mass is 301 g/mol.